The van der Waals surface area contributed by atoms with Gasteiger partial charge in [0.05, 0.1) is 11.5 Å². The van der Waals surface area contributed by atoms with Gasteiger partial charge in [0.25, 0.3) is 0 Å². The normalized spacial score (nSPS) is 41.0. The highest BCUT2D eigenvalue weighted by molar-refractivity contribution is 6.08. The SMILES string of the molecule is O=C1CC2(CC3CC2C2C4C=CC(C4)C32)C(=O)N1C1c2ccccc2-c2ccccc21. The van der Waals surface area contributed by atoms with Gasteiger partial charge in [-0.3, -0.25) is 14.5 Å². The monoisotopic (exact) mass is 407 g/mol. The summed E-state index contributed by atoms with van der Waals surface area (Å²) >= 11 is 0. The second-order valence-corrected chi connectivity index (χ2v) is 10.9. The summed E-state index contributed by atoms with van der Waals surface area (Å²) in [5.74, 6) is 4.00. The van der Waals surface area contributed by atoms with Gasteiger partial charge in [-0.2, -0.15) is 0 Å². The lowest BCUT2D eigenvalue weighted by Crippen LogP contribution is -2.45. The summed E-state index contributed by atoms with van der Waals surface area (Å²) in [6, 6.07) is 16.3. The van der Waals surface area contributed by atoms with Crippen LogP contribution in [0.4, 0.5) is 0 Å². The molecule has 2 amide bonds. The number of likely N-dealkylation sites (tertiary alicyclic amines) is 1. The van der Waals surface area contributed by atoms with Crippen LogP contribution in [-0.2, 0) is 9.59 Å². The van der Waals surface area contributed by atoms with Crippen molar-refractivity contribution in [2.75, 3.05) is 0 Å². The van der Waals surface area contributed by atoms with Gasteiger partial charge in [-0.15, -0.1) is 0 Å². The number of amides is 2. The third-order valence-corrected chi connectivity index (χ3v) is 9.92. The number of benzene rings is 2. The average Bonchev–Trinajstić information content (AvgIpc) is 3.60. The van der Waals surface area contributed by atoms with E-state index in [1.165, 1.54) is 6.42 Å². The van der Waals surface area contributed by atoms with Crippen LogP contribution in [0.15, 0.2) is 60.7 Å². The van der Waals surface area contributed by atoms with Crippen molar-refractivity contribution in [3.05, 3.63) is 71.8 Å². The van der Waals surface area contributed by atoms with E-state index in [9.17, 15) is 9.59 Å². The molecule has 6 aliphatic rings. The van der Waals surface area contributed by atoms with Gasteiger partial charge < -0.3 is 0 Å². The molecule has 2 aromatic rings. The van der Waals surface area contributed by atoms with Gasteiger partial charge in [-0.05, 0) is 77.0 Å². The Morgan fingerprint density at radius 2 is 1.45 bits per heavy atom. The van der Waals surface area contributed by atoms with Crippen molar-refractivity contribution in [2.45, 2.75) is 31.7 Å². The highest BCUT2D eigenvalue weighted by Crippen LogP contribution is 2.72. The van der Waals surface area contributed by atoms with Crippen LogP contribution in [0.5, 0.6) is 0 Å². The molecule has 4 bridgehead atoms. The van der Waals surface area contributed by atoms with Crippen molar-refractivity contribution in [2.24, 2.45) is 40.9 Å². The molecule has 2 aromatic carbocycles. The third kappa shape index (κ3) is 1.81. The topological polar surface area (TPSA) is 37.4 Å². The Hall–Kier alpha value is -2.68. The maximum atomic E-state index is 14.2. The molecule has 1 heterocycles. The van der Waals surface area contributed by atoms with Crippen molar-refractivity contribution in [3.63, 3.8) is 0 Å². The Morgan fingerprint density at radius 3 is 2.16 bits per heavy atom. The van der Waals surface area contributed by atoms with Crippen molar-refractivity contribution >= 4 is 11.8 Å². The van der Waals surface area contributed by atoms with Crippen LogP contribution >= 0.6 is 0 Å². The molecule has 1 spiro atoms. The minimum Gasteiger partial charge on any atom is -0.274 e. The van der Waals surface area contributed by atoms with Crippen LogP contribution in [-0.4, -0.2) is 16.7 Å². The Balaban J connectivity index is 1.23. The van der Waals surface area contributed by atoms with Gasteiger partial charge >= 0.3 is 0 Å². The Kier molecular flexibility index (Phi) is 2.94. The first-order chi connectivity index (χ1) is 15.2. The summed E-state index contributed by atoms with van der Waals surface area (Å²) in [5, 5.41) is 0. The second-order valence-electron chi connectivity index (χ2n) is 10.9. The summed E-state index contributed by atoms with van der Waals surface area (Å²) in [7, 11) is 0. The molecule has 154 valence electrons. The van der Waals surface area contributed by atoms with Crippen LogP contribution in [0, 0.1) is 40.9 Å². The molecule has 3 saturated carbocycles. The van der Waals surface area contributed by atoms with Crippen LogP contribution in [0.1, 0.15) is 42.9 Å². The first-order valence-electron chi connectivity index (χ1n) is 11.9. The van der Waals surface area contributed by atoms with Crippen molar-refractivity contribution in [3.8, 4) is 11.1 Å². The Bertz CT molecular complexity index is 1170. The average molecular weight is 408 g/mol. The van der Waals surface area contributed by atoms with Crippen molar-refractivity contribution < 1.29 is 9.59 Å². The van der Waals surface area contributed by atoms with E-state index in [-0.39, 0.29) is 17.9 Å². The molecule has 0 N–H and O–H groups in total. The van der Waals surface area contributed by atoms with Gasteiger partial charge in [0.1, 0.15) is 0 Å². The van der Waals surface area contributed by atoms with E-state index in [4.69, 9.17) is 0 Å². The standard InChI is InChI=1S/C28H25NO2/c30-23-14-28(13-17-12-22(28)25-16-10-9-15(11-16)24(17)25)27(31)29(23)26-20-7-3-1-5-18(20)19-6-2-4-8-21(19)26/h1-10,15-17,22,24-26H,11-14H2. The molecule has 7 atom stereocenters. The number of allylic oxidation sites excluding steroid dienone is 2. The Labute approximate surface area is 182 Å². The fourth-order valence-electron chi connectivity index (χ4n) is 9.10. The molecule has 31 heavy (non-hydrogen) atoms. The van der Waals surface area contributed by atoms with Gasteiger partial charge in [-0.1, -0.05) is 60.7 Å². The number of hydrogen-bond donors (Lipinski definition) is 0. The maximum Gasteiger partial charge on any atom is 0.237 e. The van der Waals surface area contributed by atoms with Gasteiger partial charge in [0.2, 0.25) is 11.8 Å². The fourth-order valence-corrected chi connectivity index (χ4v) is 9.10. The van der Waals surface area contributed by atoms with Crippen LogP contribution < -0.4 is 0 Å². The summed E-state index contributed by atoms with van der Waals surface area (Å²) in [4.78, 5) is 29.5. The zero-order valence-electron chi connectivity index (χ0n) is 17.4. The quantitative estimate of drug-likeness (QED) is 0.380. The minimum absolute atomic E-state index is 0.0457. The number of nitrogens with zero attached hydrogens (tertiary/aromatic N) is 1. The number of fused-ring (bicyclic) bond motifs is 13. The van der Waals surface area contributed by atoms with Crippen LogP contribution in [0.25, 0.3) is 11.1 Å². The summed E-state index contributed by atoms with van der Waals surface area (Å²) in [5.41, 5.74) is 4.10. The number of carbonyl (C=O) groups is 2. The van der Waals surface area contributed by atoms with Gasteiger partial charge in [0.15, 0.2) is 0 Å². The highest BCUT2D eigenvalue weighted by Gasteiger charge is 2.71. The summed E-state index contributed by atoms with van der Waals surface area (Å²) in [6.45, 7) is 0. The van der Waals surface area contributed by atoms with E-state index in [0.717, 1.165) is 46.9 Å². The maximum absolute atomic E-state index is 14.2. The fraction of sp³-hybridized carbons (Fsp3) is 0.429. The lowest BCUT2D eigenvalue weighted by atomic mass is 9.61. The molecular weight excluding hydrogens is 382 g/mol. The summed E-state index contributed by atoms with van der Waals surface area (Å²) < 4.78 is 0. The van der Waals surface area contributed by atoms with E-state index in [1.54, 1.807) is 4.90 Å². The molecule has 8 rings (SSSR count). The number of hydrogen-bond acceptors (Lipinski definition) is 2. The van der Waals surface area contributed by atoms with Gasteiger partial charge in [-0.25, -0.2) is 0 Å². The van der Waals surface area contributed by atoms with E-state index >= 15 is 0 Å². The second kappa shape index (κ2) is 5.38. The van der Waals surface area contributed by atoms with E-state index in [1.807, 2.05) is 24.3 Å². The largest absolute Gasteiger partial charge is 0.274 e. The molecule has 1 aliphatic heterocycles. The first-order valence-corrected chi connectivity index (χ1v) is 11.9. The first kappa shape index (κ1) is 16.9. The number of imide groups is 1. The van der Waals surface area contributed by atoms with E-state index in [0.29, 0.717) is 30.1 Å². The molecular formula is C28H25NO2. The number of rotatable bonds is 1. The van der Waals surface area contributed by atoms with E-state index in [2.05, 4.69) is 36.4 Å². The molecule has 4 fully saturated rings. The van der Waals surface area contributed by atoms with Crippen LogP contribution in [0.3, 0.4) is 0 Å². The zero-order chi connectivity index (χ0) is 20.5. The molecule has 1 saturated heterocycles. The summed E-state index contributed by atoms with van der Waals surface area (Å²) in [6.07, 6.45) is 8.68. The zero-order valence-corrected chi connectivity index (χ0v) is 17.4. The predicted molar refractivity (Wildman–Crippen MR) is 117 cm³/mol. The van der Waals surface area contributed by atoms with E-state index < -0.39 is 5.41 Å². The van der Waals surface area contributed by atoms with Crippen LogP contribution in [0.2, 0.25) is 0 Å². The third-order valence-electron chi connectivity index (χ3n) is 9.92. The lowest BCUT2D eigenvalue weighted by Gasteiger charge is -2.42. The highest BCUT2D eigenvalue weighted by atomic mass is 16.2. The van der Waals surface area contributed by atoms with Crippen molar-refractivity contribution in [1.82, 2.24) is 4.90 Å². The predicted octanol–water partition coefficient (Wildman–Crippen LogP) is 4.98. The smallest absolute Gasteiger partial charge is 0.237 e. The van der Waals surface area contributed by atoms with Gasteiger partial charge in [0, 0.05) is 6.42 Å². The minimum atomic E-state index is -0.437. The molecule has 3 heteroatoms. The lowest BCUT2D eigenvalue weighted by molar-refractivity contribution is -0.145. The molecule has 0 radical (unpaired) electrons. The molecule has 5 aliphatic carbocycles. The molecule has 0 aromatic heterocycles. The Morgan fingerprint density at radius 1 is 0.806 bits per heavy atom. The van der Waals surface area contributed by atoms with Crippen molar-refractivity contribution in [1.29, 1.82) is 0 Å². The number of carbonyl (C=O) groups excluding carboxylic acids is 2. The molecule has 3 nitrogen and oxygen atoms in total. The molecule has 7 unspecified atom stereocenters.